The van der Waals surface area contributed by atoms with Crippen molar-refractivity contribution in [3.63, 3.8) is 0 Å². The zero-order chi connectivity index (χ0) is 16.1. The molecule has 1 N–H and O–H groups in total. The first-order chi connectivity index (χ1) is 9.83. The molecule has 0 bridgehead atoms. The van der Waals surface area contributed by atoms with E-state index in [4.69, 9.17) is 0 Å². The Balaban J connectivity index is 3.16. The molecule has 3 nitrogen and oxygen atoms in total. The summed E-state index contributed by atoms with van der Waals surface area (Å²) in [6, 6.07) is 0. The highest BCUT2D eigenvalue weighted by Crippen LogP contribution is 2.10. The molecule has 3 heteroatoms. The van der Waals surface area contributed by atoms with Gasteiger partial charge in [0.15, 0.2) is 0 Å². The first-order valence-corrected chi connectivity index (χ1v) is 8.57. The molecule has 0 fully saturated rings. The van der Waals surface area contributed by atoms with Crippen molar-refractivity contribution in [3.05, 3.63) is 12.2 Å². The van der Waals surface area contributed by atoms with E-state index in [1.807, 2.05) is 0 Å². The van der Waals surface area contributed by atoms with E-state index in [1.54, 1.807) is 6.92 Å². The Morgan fingerprint density at radius 1 is 0.857 bits per heavy atom. The van der Waals surface area contributed by atoms with Crippen LogP contribution in [0.3, 0.4) is 0 Å². The van der Waals surface area contributed by atoms with E-state index < -0.39 is 0 Å². The molecule has 0 rings (SSSR count). The summed E-state index contributed by atoms with van der Waals surface area (Å²) in [5.74, 6) is -0.0103. The zero-order valence-corrected chi connectivity index (χ0v) is 14.8. The van der Waals surface area contributed by atoms with E-state index in [1.165, 1.54) is 57.9 Å². The van der Waals surface area contributed by atoms with Gasteiger partial charge in [0.05, 0.1) is 27.7 Å². The molecule has 0 aliphatic rings. The van der Waals surface area contributed by atoms with Crippen LogP contribution in [-0.2, 0) is 4.79 Å². The molecule has 0 aromatic carbocycles. The van der Waals surface area contributed by atoms with Gasteiger partial charge in [0.1, 0.15) is 0 Å². The largest absolute Gasteiger partial charge is 0.352 e. The maximum atomic E-state index is 11.3. The van der Waals surface area contributed by atoms with Gasteiger partial charge in [0, 0.05) is 12.1 Å². The number of nitrogens with zero attached hydrogens (tertiary/aromatic N) is 1. The molecule has 124 valence electrons. The lowest BCUT2D eigenvalue weighted by molar-refractivity contribution is -0.870. The molecule has 0 radical (unpaired) electrons. The Labute approximate surface area is 132 Å². The number of hydrogen-bond acceptors (Lipinski definition) is 1. The van der Waals surface area contributed by atoms with E-state index in [-0.39, 0.29) is 5.91 Å². The van der Waals surface area contributed by atoms with Crippen molar-refractivity contribution in [2.45, 2.75) is 64.7 Å². The van der Waals surface area contributed by atoms with Crippen LogP contribution in [0.4, 0.5) is 0 Å². The number of amides is 1. The van der Waals surface area contributed by atoms with Crippen LogP contribution in [0.25, 0.3) is 0 Å². The molecule has 0 aromatic rings. The summed E-state index contributed by atoms with van der Waals surface area (Å²) in [6.45, 7) is 7.45. The van der Waals surface area contributed by atoms with Crippen molar-refractivity contribution in [3.8, 4) is 0 Å². The van der Waals surface area contributed by atoms with Gasteiger partial charge >= 0.3 is 0 Å². The molecule has 0 atom stereocenters. The summed E-state index contributed by atoms with van der Waals surface area (Å²) in [5.41, 5.74) is 0.597. The van der Waals surface area contributed by atoms with E-state index in [2.05, 4.69) is 33.0 Å². The second-order valence-electron chi connectivity index (χ2n) is 7.23. The summed E-state index contributed by atoms with van der Waals surface area (Å²) in [7, 11) is 6.79. The Hall–Kier alpha value is -0.830. The van der Waals surface area contributed by atoms with Crippen molar-refractivity contribution >= 4 is 5.91 Å². The highest BCUT2D eigenvalue weighted by Gasteiger charge is 2.05. The topological polar surface area (TPSA) is 29.1 Å². The molecule has 0 spiro atoms. The number of rotatable bonds is 13. The van der Waals surface area contributed by atoms with Crippen LogP contribution in [0, 0.1) is 0 Å². The zero-order valence-electron chi connectivity index (χ0n) is 14.8. The summed E-state index contributed by atoms with van der Waals surface area (Å²) in [4.78, 5) is 11.3. The van der Waals surface area contributed by atoms with Crippen molar-refractivity contribution in [1.29, 1.82) is 0 Å². The minimum Gasteiger partial charge on any atom is -0.352 e. The lowest BCUT2D eigenvalue weighted by atomic mass is 10.1. The molecule has 0 heterocycles. The third-order valence-electron chi connectivity index (χ3n) is 3.68. The van der Waals surface area contributed by atoms with Gasteiger partial charge in [-0.3, -0.25) is 4.79 Å². The van der Waals surface area contributed by atoms with Gasteiger partial charge < -0.3 is 9.80 Å². The standard InChI is InChI=1S/C18H36N2O/c1-17(2)18(21)19-15-13-11-9-7-6-8-10-12-14-16-20(3,4)5/h1,6-16H2,2-5H3/p+1. The van der Waals surface area contributed by atoms with Gasteiger partial charge in [-0.25, -0.2) is 0 Å². The quantitative estimate of drug-likeness (QED) is 0.312. The Morgan fingerprint density at radius 2 is 1.29 bits per heavy atom. The molecule has 21 heavy (non-hydrogen) atoms. The van der Waals surface area contributed by atoms with Gasteiger partial charge in [0.2, 0.25) is 5.91 Å². The minimum atomic E-state index is -0.0103. The van der Waals surface area contributed by atoms with E-state index >= 15 is 0 Å². The summed E-state index contributed by atoms with van der Waals surface area (Å²) >= 11 is 0. The molecule has 0 aliphatic carbocycles. The smallest absolute Gasteiger partial charge is 0.246 e. The van der Waals surface area contributed by atoms with E-state index in [9.17, 15) is 4.79 Å². The van der Waals surface area contributed by atoms with Gasteiger partial charge in [-0.05, 0) is 26.2 Å². The van der Waals surface area contributed by atoms with Crippen molar-refractivity contribution in [2.24, 2.45) is 0 Å². The average molecular weight is 298 g/mol. The highest BCUT2D eigenvalue weighted by atomic mass is 16.1. The second-order valence-corrected chi connectivity index (χ2v) is 7.23. The summed E-state index contributed by atoms with van der Waals surface area (Å²) in [5, 5.41) is 2.88. The number of carbonyl (C=O) groups excluding carboxylic acids is 1. The normalized spacial score (nSPS) is 11.4. The Kier molecular flexibility index (Phi) is 11.3. The van der Waals surface area contributed by atoms with Crippen molar-refractivity contribution in [1.82, 2.24) is 5.32 Å². The van der Waals surface area contributed by atoms with Gasteiger partial charge in [-0.2, -0.15) is 0 Å². The second kappa shape index (κ2) is 11.8. The average Bonchev–Trinajstić information content (AvgIpc) is 2.38. The maximum absolute atomic E-state index is 11.3. The van der Waals surface area contributed by atoms with Crippen molar-refractivity contribution < 1.29 is 9.28 Å². The van der Waals surface area contributed by atoms with Crippen LogP contribution in [0.2, 0.25) is 0 Å². The van der Waals surface area contributed by atoms with Crippen LogP contribution in [0.5, 0.6) is 0 Å². The highest BCUT2D eigenvalue weighted by molar-refractivity contribution is 5.91. The van der Waals surface area contributed by atoms with Gasteiger partial charge in [-0.15, -0.1) is 0 Å². The van der Waals surface area contributed by atoms with Crippen LogP contribution < -0.4 is 5.32 Å². The molecular weight excluding hydrogens is 260 g/mol. The molecule has 0 aromatic heterocycles. The number of nitrogens with one attached hydrogen (secondary N) is 1. The third kappa shape index (κ3) is 15.4. The molecular formula is C18H37N2O+. The Bertz CT molecular complexity index is 292. The van der Waals surface area contributed by atoms with Crippen LogP contribution in [-0.4, -0.2) is 44.6 Å². The fourth-order valence-corrected chi connectivity index (χ4v) is 2.30. The summed E-state index contributed by atoms with van der Waals surface area (Å²) < 4.78 is 1.09. The first kappa shape index (κ1) is 20.2. The number of quaternary nitrogens is 1. The SMILES string of the molecule is C=C(C)C(=O)NCCCCCCCCCCC[N+](C)(C)C. The number of hydrogen-bond donors (Lipinski definition) is 1. The predicted octanol–water partition coefficient (Wildman–Crippen LogP) is 3.90. The lowest BCUT2D eigenvalue weighted by Gasteiger charge is -2.23. The molecule has 1 amide bonds. The Morgan fingerprint density at radius 3 is 1.71 bits per heavy atom. The summed E-state index contributed by atoms with van der Waals surface area (Å²) in [6.07, 6.45) is 11.8. The number of unbranched alkanes of at least 4 members (excludes halogenated alkanes) is 8. The van der Waals surface area contributed by atoms with E-state index in [0.29, 0.717) is 5.57 Å². The van der Waals surface area contributed by atoms with Gasteiger partial charge in [-0.1, -0.05) is 45.1 Å². The fraction of sp³-hybridized carbons (Fsp3) is 0.833. The molecule has 0 saturated heterocycles. The maximum Gasteiger partial charge on any atom is 0.246 e. The van der Waals surface area contributed by atoms with Crippen LogP contribution >= 0.6 is 0 Å². The first-order valence-electron chi connectivity index (χ1n) is 8.57. The molecule has 0 aliphatic heterocycles. The van der Waals surface area contributed by atoms with Crippen LogP contribution in [0.15, 0.2) is 12.2 Å². The predicted molar refractivity (Wildman–Crippen MR) is 92.3 cm³/mol. The minimum absolute atomic E-state index is 0.0103. The third-order valence-corrected chi connectivity index (χ3v) is 3.68. The van der Waals surface area contributed by atoms with Crippen LogP contribution in [0.1, 0.15) is 64.7 Å². The van der Waals surface area contributed by atoms with Crippen molar-refractivity contribution in [2.75, 3.05) is 34.2 Å². The van der Waals surface area contributed by atoms with Gasteiger partial charge in [0.25, 0.3) is 0 Å². The monoisotopic (exact) mass is 297 g/mol. The lowest BCUT2D eigenvalue weighted by Crippen LogP contribution is -2.35. The van der Waals surface area contributed by atoms with E-state index in [0.717, 1.165) is 17.4 Å². The molecule has 0 saturated carbocycles. The number of carbonyl (C=O) groups is 1. The molecule has 0 unspecified atom stereocenters. The fourth-order valence-electron chi connectivity index (χ4n) is 2.30.